The number of oxime groups is 1. The molecule has 0 amide bonds. The van der Waals surface area contributed by atoms with Gasteiger partial charge < -0.3 is 14.3 Å². The largest absolute Gasteiger partial charge is 0.489 e. The number of alkyl halides is 3. The number of rotatable bonds is 9. The van der Waals surface area contributed by atoms with E-state index < -0.39 is 17.8 Å². The summed E-state index contributed by atoms with van der Waals surface area (Å²) in [5, 5.41) is 4.06. The highest BCUT2D eigenvalue weighted by Gasteiger charge is 2.30. The fourth-order valence-electron chi connectivity index (χ4n) is 2.22. The maximum atomic E-state index is 12.6. The first-order valence-electron chi connectivity index (χ1n) is 9.20. The summed E-state index contributed by atoms with van der Waals surface area (Å²) in [6.45, 7) is 5.46. The summed E-state index contributed by atoms with van der Waals surface area (Å²) in [5.74, 6) is 0.705. The predicted molar refractivity (Wildman–Crippen MR) is 114 cm³/mol. The summed E-state index contributed by atoms with van der Waals surface area (Å²) in [6.07, 6.45) is -3.09. The predicted octanol–water partition coefficient (Wildman–Crippen LogP) is 6.72. The number of aromatic nitrogens is 1. The summed E-state index contributed by atoms with van der Waals surface area (Å²) in [6, 6.07) is 9.31. The maximum absolute atomic E-state index is 12.6. The van der Waals surface area contributed by atoms with Crippen LogP contribution in [0.2, 0.25) is 0 Å². The Bertz CT molecular complexity index is 898. The van der Waals surface area contributed by atoms with Gasteiger partial charge in [0.25, 0.3) is 0 Å². The molecule has 0 aliphatic heterocycles. The molecule has 0 fully saturated rings. The standard InChI is InChI=1S/C21H21Cl2F3N2O3/c1-13(14(2)30-20-9-6-17(12-27-20)21(24,25)26)28-31-15(3)16-4-7-18(8-5-16)29-11-10-19(22)23/h4-10,12,14-15H,11H2,1-3H3. The van der Waals surface area contributed by atoms with Gasteiger partial charge in [0.2, 0.25) is 5.88 Å². The lowest BCUT2D eigenvalue weighted by atomic mass is 10.1. The lowest BCUT2D eigenvalue weighted by Crippen LogP contribution is -2.22. The Labute approximate surface area is 188 Å². The van der Waals surface area contributed by atoms with Gasteiger partial charge in [0, 0.05) is 12.3 Å². The average Bonchev–Trinajstić information content (AvgIpc) is 2.71. The molecular weight excluding hydrogens is 456 g/mol. The highest BCUT2D eigenvalue weighted by atomic mass is 35.5. The fourth-order valence-corrected chi connectivity index (χ4v) is 2.34. The normalized spacial score (nSPS) is 13.9. The van der Waals surface area contributed by atoms with Gasteiger partial charge in [-0.15, -0.1) is 0 Å². The summed E-state index contributed by atoms with van der Waals surface area (Å²) < 4.78 is 48.9. The molecule has 0 spiro atoms. The quantitative estimate of drug-likeness (QED) is 0.297. The number of hydrogen-bond donors (Lipinski definition) is 0. The topological polar surface area (TPSA) is 52.9 Å². The number of nitrogens with zero attached hydrogens (tertiary/aromatic N) is 2. The minimum absolute atomic E-state index is 0.0592. The molecule has 2 unspecified atom stereocenters. The van der Waals surface area contributed by atoms with Crippen molar-refractivity contribution in [1.29, 1.82) is 0 Å². The Kier molecular flexibility index (Phi) is 9.00. The van der Waals surface area contributed by atoms with E-state index in [-0.39, 0.29) is 23.1 Å². The molecule has 0 aliphatic carbocycles. The lowest BCUT2D eigenvalue weighted by molar-refractivity contribution is -0.137. The minimum Gasteiger partial charge on any atom is -0.489 e. The number of pyridine rings is 1. The fraction of sp³-hybridized carbons (Fsp3) is 0.333. The monoisotopic (exact) mass is 476 g/mol. The molecule has 2 rings (SSSR count). The van der Waals surface area contributed by atoms with Gasteiger partial charge >= 0.3 is 6.18 Å². The molecule has 5 nitrogen and oxygen atoms in total. The third-order valence-corrected chi connectivity index (χ3v) is 4.45. The molecule has 31 heavy (non-hydrogen) atoms. The molecular formula is C21H21Cl2F3N2O3. The van der Waals surface area contributed by atoms with Crippen molar-refractivity contribution in [3.63, 3.8) is 0 Å². The van der Waals surface area contributed by atoms with Crippen LogP contribution in [-0.4, -0.2) is 23.4 Å². The van der Waals surface area contributed by atoms with Crippen LogP contribution in [0.1, 0.15) is 38.0 Å². The molecule has 1 aromatic carbocycles. The molecule has 0 saturated heterocycles. The summed E-state index contributed by atoms with van der Waals surface area (Å²) in [5.41, 5.74) is 0.525. The van der Waals surface area contributed by atoms with Crippen LogP contribution in [0.25, 0.3) is 0 Å². The van der Waals surface area contributed by atoms with Gasteiger partial charge in [0.15, 0.2) is 0 Å². The smallest absolute Gasteiger partial charge is 0.417 e. The van der Waals surface area contributed by atoms with Gasteiger partial charge in [-0.3, -0.25) is 0 Å². The zero-order chi connectivity index (χ0) is 23.0. The maximum Gasteiger partial charge on any atom is 0.417 e. The zero-order valence-corrected chi connectivity index (χ0v) is 18.5. The van der Waals surface area contributed by atoms with Crippen LogP contribution in [0.5, 0.6) is 11.6 Å². The van der Waals surface area contributed by atoms with Crippen molar-refractivity contribution in [3.05, 3.63) is 64.3 Å². The van der Waals surface area contributed by atoms with Crippen LogP contribution in [-0.2, 0) is 11.0 Å². The van der Waals surface area contributed by atoms with Crippen LogP contribution in [0, 0.1) is 0 Å². The summed E-state index contributed by atoms with van der Waals surface area (Å²) in [4.78, 5) is 9.20. The third-order valence-electron chi connectivity index (χ3n) is 4.14. The number of benzene rings is 1. The minimum atomic E-state index is -4.45. The molecule has 2 aromatic rings. The lowest BCUT2D eigenvalue weighted by Gasteiger charge is -2.16. The molecule has 1 aromatic heterocycles. The number of ether oxygens (including phenoxy) is 2. The first kappa shape index (κ1) is 24.8. The van der Waals surface area contributed by atoms with Crippen LogP contribution in [0.4, 0.5) is 13.2 Å². The van der Waals surface area contributed by atoms with Gasteiger partial charge in [-0.25, -0.2) is 4.98 Å². The van der Waals surface area contributed by atoms with E-state index in [4.69, 9.17) is 37.5 Å². The second-order valence-electron chi connectivity index (χ2n) is 6.50. The Hall–Kier alpha value is -2.45. The molecule has 168 valence electrons. The second kappa shape index (κ2) is 11.2. The number of halogens is 5. The Morgan fingerprint density at radius 1 is 1.13 bits per heavy atom. The summed E-state index contributed by atoms with van der Waals surface area (Å²) in [7, 11) is 0. The highest BCUT2D eigenvalue weighted by molar-refractivity contribution is 6.55. The third kappa shape index (κ3) is 8.30. The van der Waals surface area contributed by atoms with Gasteiger partial charge in [-0.2, -0.15) is 13.2 Å². The zero-order valence-electron chi connectivity index (χ0n) is 17.0. The molecule has 0 saturated carbocycles. The van der Waals surface area contributed by atoms with Crippen molar-refractivity contribution in [2.24, 2.45) is 5.16 Å². The molecule has 0 bridgehead atoms. The van der Waals surface area contributed by atoms with E-state index in [0.29, 0.717) is 11.5 Å². The first-order chi connectivity index (χ1) is 14.6. The van der Waals surface area contributed by atoms with E-state index in [1.165, 1.54) is 6.08 Å². The Morgan fingerprint density at radius 3 is 2.35 bits per heavy atom. The van der Waals surface area contributed by atoms with Crippen LogP contribution < -0.4 is 9.47 Å². The van der Waals surface area contributed by atoms with Crippen LogP contribution >= 0.6 is 23.2 Å². The van der Waals surface area contributed by atoms with Crippen molar-refractivity contribution >= 4 is 28.9 Å². The SMILES string of the molecule is CC(=NOC(C)c1ccc(OCC=C(Cl)Cl)cc1)C(C)Oc1ccc(C(F)(F)F)cn1. The van der Waals surface area contributed by atoms with E-state index in [2.05, 4.69) is 10.1 Å². The van der Waals surface area contributed by atoms with E-state index in [1.54, 1.807) is 26.0 Å². The number of hydrogen-bond acceptors (Lipinski definition) is 5. The van der Waals surface area contributed by atoms with Gasteiger partial charge in [-0.05, 0) is 50.6 Å². The van der Waals surface area contributed by atoms with Crippen molar-refractivity contribution in [2.45, 2.75) is 39.2 Å². The van der Waals surface area contributed by atoms with Crippen molar-refractivity contribution in [2.75, 3.05) is 6.61 Å². The van der Waals surface area contributed by atoms with E-state index in [0.717, 1.165) is 23.9 Å². The van der Waals surface area contributed by atoms with E-state index in [1.807, 2.05) is 19.1 Å². The Balaban J connectivity index is 1.89. The summed E-state index contributed by atoms with van der Waals surface area (Å²) >= 11 is 11.1. The second-order valence-corrected chi connectivity index (χ2v) is 7.50. The highest BCUT2D eigenvalue weighted by Crippen LogP contribution is 2.29. The molecule has 0 radical (unpaired) electrons. The van der Waals surface area contributed by atoms with Gasteiger partial charge in [0.1, 0.15) is 29.1 Å². The molecule has 10 heteroatoms. The van der Waals surface area contributed by atoms with Crippen LogP contribution in [0.3, 0.4) is 0 Å². The van der Waals surface area contributed by atoms with E-state index in [9.17, 15) is 13.2 Å². The average molecular weight is 477 g/mol. The van der Waals surface area contributed by atoms with E-state index >= 15 is 0 Å². The Morgan fingerprint density at radius 2 is 1.81 bits per heavy atom. The molecule has 2 atom stereocenters. The van der Waals surface area contributed by atoms with Crippen molar-refractivity contribution in [1.82, 2.24) is 4.98 Å². The van der Waals surface area contributed by atoms with Crippen molar-refractivity contribution in [3.8, 4) is 11.6 Å². The van der Waals surface area contributed by atoms with Crippen molar-refractivity contribution < 1.29 is 27.5 Å². The van der Waals surface area contributed by atoms with Crippen LogP contribution in [0.15, 0.2) is 58.3 Å². The molecule has 0 aliphatic rings. The van der Waals surface area contributed by atoms with Gasteiger partial charge in [0.05, 0.1) is 11.3 Å². The first-order valence-corrected chi connectivity index (χ1v) is 9.96. The molecule has 1 heterocycles. The van der Waals surface area contributed by atoms with Gasteiger partial charge in [-0.1, -0.05) is 40.5 Å². The molecule has 0 N–H and O–H groups in total.